The summed E-state index contributed by atoms with van der Waals surface area (Å²) in [6.45, 7) is 11.2. The van der Waals surface area contributed by atoms with E-state index in [1.165, 1.54) is 0 Å². The van der Waals surface area contributed by atoms with Crippen molar-refractivity contribution in [1.82, 2.24) is 14.9 Å². The summed E-state index contributed by atoms with van der Waals surface area (Å²) in [7, 11) is 0. The van der Waals surface area contributed by atoms with Crippen LogP contribution in [0.15, 0.2) is 5.16 Å². The Bertz CT molecular complexity index is 392. The molecule has 0 saturated carbocycles. The van der Waals surface area contributed by atoms with Crippen molar-refractivity contribution >= 4 is 11.8 Å². The summed E-state index contributed by atoms with van der Waals surface area (Å²) in [5.41, 5.74) is 3.82. The van der Waals surface area contributed by atoms with Gasteiger partial charge in [-0.25, -0.2) is 4.68 Å². The fourth-order valence-electron chi connectivity index (χ4n) is 1.82. The maximum Gasteiger partial charge on any atom is 0.210 e. The first kappa shape index (κ1) is 12.7. The van der Waals surface area contributed by atoms with E-state index in [0.29, 0.717) is 12.0 Å². The van der Waals surface area contributed by atoms with E-state index < -0.39 is 0 Å². The van der Waals surface area contributed by atoms with Crippen molar-refractivity contribution in [2.45, 2.75) is 52.2 Å². The zero-order chi connectivity index (χ0) is 12.6. The Balaban J connectivity index is 2.20. The zero-order valence-electron chi connectivity index (χ0n) is 11.3. The second-order valence-corrected chi connectivity index (χ2v) is 7.18. The second kappa shape index (κ2) is 4.52. The lowest BCUT2D eigenvalue weighted by atomic mass is 9.88. The number of thioether (sulfide) groups is 1. The van der Waals surface area contributed by atoms with Crippen molar-refractivity contribution in [1.29, 1.82) is 0 Å². The molecule has 4 nitrogen and oxygen atoms in total. The molecule has 0 amide bonds. The van der Waals surface area contributed by atoms with Gasteiger partial charge in [0.25, 0.3) is 0 Å². The molecule has 1 aliphatic rings. The zero-order valence-corrected chi connectivity index (χ0v) is 12.1. The summed E-state index contributed by atoms with van der Waals surface area (Å²) in [6, 6.07) is 0.460. The summed E-state index contributed by atoms with van der Waals surface area (Å²) < 4.78 is 2.09. The topological polar surface area (TPSA) is 42.7 Å². The Morgan fingerprint density at radius 3 is 2.71 bits per heavy atom. The minimum atomic E-state index is 0.254. The predicted octanol–water partition coefficient (Wildman–Crippen LogP) is 2.54. The molecule has 0 fully saturated rings. The quantitative estimate of drug-likeness (QED) is 0.881. The number of aromatic nitrogens is 3. The number of hydrogen-bond donors (Lipinski definition) is 1. The normalized spacial score (nSPS) is 20.2. The van der Waals surface area contributed by atoms with Gasteiger partial charge in [0.2, 0.25) is 5.16 Å². The molecule has 96 valence electrons. The van der Waals surface area contributed by atoms with Gasteiger partial charge in [-0.3, -0.25) is 0 Å². The summed E-state index contributed by atoms with van der Waals surface area (Å²) >= 11 is 1.80. The Hall–Kier alpha value is -0.710. The lowest BCUT2D eigenvalue weighted by Gasteiger charge is -2.35. The van der Waals surface area contributed by atoms with Gasteiger partial charge in [-0.15, -0.1) is 10.2 Å². The lowest BCUT2D eigenvalue weighted by molar-refractivity contribution is 0.334. The van der Waals surface area contributed by atoms with Crippen molar-refractivity contribution in [2.75, 3.05) is 11.2 Å². The highest BCUT2D eigenvalue weighted by molar-refractivity contribution is 7.99. The Morgan fingerprint density at radius 2 is 2.12 bits per heavy atom. The van der Waals surface area contributed by atoms with Crippen molar-refractivity contribution in [3.63, 3.8) is 0 Å². The maximum absolute atomic E-state index is 4.28. The molecule has 0 aliphatic carbocycles. The molecule has 1 atom stereocenters. The second-order valence-electron chi connectivity index (χ2n) is 6.19. The van der Waals surface area contributed by atoms with Crippen LogP contribution in [0.1, 0.15) is 40.4 Å². The third-order valence-electron chi connectivity index (χ3n) is 3.00. The Morgan fingerprint density at radius 1 is 1.41 bits per heavy atom. The number of fused-ring (bicyclic) bond motifs is 1. The molecular formula is C12H22N4S. The Kier molecular flexibility index (Phi) is 3.39. The van der Waals surface area contributed by atoms with Gasteiger partial charge in [0, 0.05) is 12.2 Å². The average molecular weight is 254 g/mol. The first-order chi connectivity index (χ1) is 7.88. The highest BCUT2D eigenvalue weighted by Gasteiger charge is 2.31. The molecule has 1 aliphatic heterocycles. The van der Waals surface area contributed by atoms with Crippen LogP contribution < -0.4 is 5.43 Å². The molecular weight excluding hydrogens is 232 g/mol. The summed E-state index contributed by atoms with van der Waals surface area (Å²) in [6.07, 6.45) is 0.970. The summed E-state index contributed by atoms with van der Waals surface area (Å²) in [5.74, 6) is 2.71. The van der Waals surface area contributed by atoms with Crippen molar-refractivity contribution in [3.8, 4) is 0 Å². The minimum Gasteiger partial charge on any atom is -0.318 e. The van der Waals surface area contributed by atoms with Crippen LogP contribution in [0.3, 0.4) is 0 Å². The molecule has 1 aromatic rings. The average Bonchev–Trinajstić information content (AvgIpc) is 2.59. The molecule has 1 unspecified atom stereocenters. The first-order valence-electron chi connectivity index (χ1n) is 6.21. The van der Waals surface area contributed by atoms with Crippen LogP contribution >= 0.6 is 11.8 Å². The molecule has 0 bridgehead atoms. The van der Waals surface area contributed by atoms with Crippen molar-refractivity contribution in [2.24, 2.45) is 11.3 Å². The van der Waals surface area contributed by atoms with E-state index in [2.05, 4.69) is 54.9 Å². The molecule has 5 heteroatoms. The van der Waals surface area contributed by atoms with Gasteiger partial charge in [-0.05, 0) is 11.3 Å². The van der Waals surface area contributed by atoms with Crippen molar-refractivity contribution in [3.05, 3.63) is 5.82 Å². The lowest BCUT2D eigenvalue weighted by Crippen LogP contribution is -2.44. The molecule has 17 heavy (non-hydrogen) atoms. The van der Waals surface area contributed by atoms with Gasteiger partial charge in [0.15, 0.2) is 5.82 Å². The van der Waals surface area contributed by atoms with E-state index in [1.807, 2.05) is 0 Å². The van der Waals surface area contributed by atoms with Crippen LogP contribution in [-0.2, 0) is 6.42 Å². The fraction of sp³-hybridized carbons (Fsp3) is 0.833. The van der Waals surface area contributed by atoms with Gasteiger partial charge in [-0.1, -0.05) is 46.4 Å². The number of hydrogen-bond acceptors (Lipinski definition) is 4. The van der Waals surface area contributed by atoms with Gasteiger partial charge >= 0.3 is 0 Å². The predicted molar refractivity (Wildman–Crippen MR) is 71.9 cm³/mol. The van der Waals surface area contributed by atoms with E-state index in [9.17, 15) is 0 Å². The third kappa shape index (κ3) is 2.76. The van der Waals surface area contributed by atoms with Crippen molar-refractivity contribution < 1.29 is 0 Å². The van der Waals surface area contributed by atoms with E-state index in [1.54, 1.807) is 11.8 Å². The van der Waals surface area contributed by atoms with Gasteiger partial charge in [0.1, 0.15) is 0 Å². The summed E-state index contributed by atoms with van der Waals surface area (Å²) in [5, 5.41) is 9.52. The van der Waals surface area contributed by atoms with E-state index in [-0.39, 0.29) is 5.41 Å². The standard InChI is InChI=1S/C12H22N4S/c1-8(2)6-10-13-14-11-16(10)15-9(7-17-11)12(3,4)5/h8-9,15H,6-7H2,1-5H3. The molecule has 0 radical (unpaired) electrons. The minimum absolute atomic E-state index is 0.254. The molecule has 0 saturated heterocycles. The van der Waals surface area contributed by atoms with Crippen LogP contribution in [0.25, 0.3) is 0 Å². The molecule has 1 aromatic heterocycles. The number of nitrogens with one attached hydrogen (secondary N) is 1. The summed E-state index contributed by atoms with van der Waals surface area (Å²) in [4.78, 5) is 0. The fourth-order valence-corrected chi connectivity index (χ4v) is 3.09. The van der Waals surface area contributed by atoms with Crippen LogP contribution in [0.5, 0.6) is 0 Å². The highest BCUT2D eigenvalue weighted by atomic mass is 32.2. The molecule has 2 rings (SSSR count). The molecule has 1 N–H and O–H groups in total. The van der Waals surface area contributed by atoms with E-state index >= 15 is 0 Å². The Labute approximate surface area is 108 Å². The largest absolute Gasteiger partial charge is 0.318 e. The van der Waals surface area contributed by atoms with E-state index in [4.69, 9.17) is 0 Å². The van der Waals surface area contributed by atoms with Gasteiger partial charge in [0.05, 0.1) is 6.04 Å². The van der Waals surface area contributed by atoms with Crippen LogP contribution in [0.4, 0.5) is 0 Å². The van der Waals surface area contributed by atoms with Gasteiger partial charge < -0.3 is 5.43 Å². The molecule has 0 aromatic carbocycles. The molecule has 0 spiro atoms. The monoisotopic (exact) mass is 254 g/mol. The smallest absolute Gasteiger partial charge is 0.210 e. The highest BCUT2D eigenvalue weighted by Crippen LogP contribution is 2.31. The van der Waals surface area contributed by atoms with Crippen LogP contribution in [-0.4, -0.2) is 26.7 Å². The number of rotatable bonds is 2. The third-order valence-corrected chi connectivity index (χ3v) is 4.02. The SMILES string of the molecule is CC(C)Cc1nnc2n1NC(C(C)(C)C)CS2. The van der Waals surface area contributed by atoms with Crippen LogP contribution in [0.2, 0.25) is 0 Å². The number of nitrogens with zero attached hydrogens (tertiary/aromatic N) is 3. The van der Waals surface area contributed by atoms with E-state index in [0.717, 1.165) is 23.2 Å². The molecule has 2 heterocycles. The maximum atomic E-state index is 4.28. The first-order valence-corrected chi connectivity index (χ1v) is 7.20. The van der Waals surface area contributed by atoms with Crippen LogP contribution in [0, 0.1) is 11.3 Å². The van der Waals surface area contributed by atoms with Gasteiger partial charge in [-0.2, -0.15) is 0 Å².